The lowest BCUT2D eigenvalue weighted by Gasteiger charge is -2.46. The molecule has 1 N–H and O–H groups in total. The third-order valence-corrected chi connectivity index (χ3v) is 3.72. The highest BCUT2D eigenvalue weighted by Gasteiger charge is 2.41. The van der Waals surface area contributed by atoms with E-state index in [1.165, 1.54) is 0 Å². The summed E-state index contributed by atoms with van der Waals surface area (Å²) in [6.07, 6.45) is 1.10. The molecule has 1 aromatic rings. The van der Waals surface area contributed by atoms with Crippen molar-refractivity contribution in [2.24, 2.45) is 0 Å². The predicted octanol–water partition coefficient (Wildman–Crippen LogP) is 1.97. The number of halogens is 1. The summed E-state index contributed by atoms with van der Waals surface area (Å²) < 4.78 is 0.983. The van der Waals surface area contributed by atoms with Crippen LogP contribution in [-0.2, 0) is 11.2 Å². The van der Waals surface area contributed by atoms with Gasteiger partial charge in [-0.3, -0.25) is 4.79 Å². The smallest absolute Gasteiger partial charge is 0.227 e. The minimum atomic E-state index is -0.646. The summed E-state index contributed by atoms with van der Waals surface area (Å²) in [7, 11) is 0. The van der Waals surface area contributed by atoms with E-state index >= 15 is 0 Å². The van der Waals surface area contributed by atoms with E-state index < -0.39 is 5.60 Å². The SMILES string of the molecule is CCC1(O)CN(C(=O)Cc2cccc(Br)c2)C1. The van der Waals surface area contributed by atoms with Crippen LogP contribution in [0.4, 0.5) is 0 Å². The van der Waals surface area contributed by atoms with Gasteiger partial charge in [0.2, 0.25) is 5.91 Å². The molecule has 0 spiro atoms. The second-order valence-corrected chi connectivity index (χ2v) is 5.55. The van der Waals surface area contributed by atoms with Gasteiger partial charge in [-0.05, 0) is 24.1 Å². The molecule has 4 heteroatoms. The van der Waals surface area contributed by atoms with Gasteiger partial charge in [0.25, 0.3) is 0 Å². The fourth-order valence-corrected chi connectivity index (χ4v) is 2.44. The molecule has 0 atom stereocenters. The molecular weight excluding hydrogens is 282 g/mol. The summed E-state index contributed by atoms with van der Waals surface area (Å²) in [5.74, 6) is 0.0845. The van der Waals surface area contributed by atoms with Crippen molar-refractivity contribution in [2.45, 2.75) is 25.4 Å². The Hall–Kier alpha value is -0.870. The zero-order valence-corrected chi connectivity index (χ0v) is 11.4. The summed E-state index contributed by atoms with van der Waals surface area (Å²) in [4.78, 5) is 13.6. The maximum absolute atomic E-state index is 11.9. The standard InChI is InChI=1S/C13H16BrNO2/c1-2-13(17)8-15(9-13)12(16)7-10-4-3-5-11(14)6-10/h3-6,17H,2,7-9H2,1H3. The highest BCUT2D eigenvalue weighted by Crippen LogP contribution is 2.24. The van der Waals surface area contributed by atoms with Gasteiger partial charge >= 0.3 is 0 Å². The minimum Gasteiger partial charge on any atom is -0.386 e. The Balaban J connectivity index is 1.91. The molecule has 1 heterocycles. The van der Waals surface area contributed by atoms with Gasteiger partial charge < -0.3 is 10.0 Å². The average molecular weight is 298 g/mol. The number of carbonyl (C=O) groups is 1. The van der Waals surface area contributed by atoms with Crippen molar-refractivity contribution >= 4 is 21.8 Å². The topological polar surface area (TPSA) is 40.5 Å². The molecular formula is C13H16BrNO2. The van der Waals surface area contributed by atoms with E-state index in [2.05, 4.69) is 15.9 Å². The average Bonchev–Trinajstić information content (AvgIpc) is 2.24. The van der Waals surface area contributed by atoms with Crippen molar-refractivity contribution in [1.82, 2.24) is 4.90 Å². The summed E-state index contributed by atoms with van der Waals surface area (Å²) in [6.45, 7) is 2.88. The van der Waals surface area contributed by atoms with Crippen molar-refractivity contribution in [3.8, 4) is 0 Å². The third kappa shape index (κ3) is 2.87. The van der Waals surface area contributed by atoms with Crippen molar-refractivity contribution in [3.05, 3.63) is 34.3 Å². The van der Waals surface area contributed by atoms with Gasteiger partial charge in [0, 0.05) is 4.47 Å². The van der Waals surface area contributed by atoms with Gasteiger partial charge in [-0.1, -0.05) is 35.0 Å². The Kier molecular flexibility index (Phi) is 3.54. The molecule has 2 rings (SSSR count). The molecule has 0 bridgehead atoms. The van der Waals surface area contributed by atoms with Gasteiger partial charge in [0.05, 0.1) is 25.1 Å². The number of aliphatic hydroxyl groups is 1. The molecule has 0 unspecified atom stereocenters. The molecule has 1 saturated heterocycles. The second-order valence-electron chi connectivity index (χ2n) is 4.63. The van der Waals surface area contributed by atoms with Crippen LogP contribution >= 0.6 is 15.9 Å². The number of hydrogen-bond acceptors (Lipinski definition) is 2. The van der Waals surface area contributed by atoms with Crippen molar-refractivity contribution in [1.29, 1.82) is 0 Å². The van der Waals surface area contributed by atoms with Crippen LogP contribution in [-0.4, -0.2) is 34.6 Å². The number of β-amino-alcohol motifs (C(OH)–C–C–N with tert-alkyl or cyclic N) is 1. The lowest BCUT2D eigenvalue weighted by Crippen LogP contribution is -2.63. The van der Waals surface area contributed by atoms with E-state index in [1.807, 2.05) is 31.2 Å². The Bertz CT molecular complexity index is 427. The first-order chi connectivity index (χ1) is 8.02. The number of rotatable bonds is 3. The molecule has 1 aliphatic heterocycles. The van der Waals surface area contributed by atoms with E-state index in [0.717, 1.165) is 10.0 Å². The van der Waals surface area contributed by atoms with E-state index in [-0.39, 0.29) is 5.91 Å². The molecule has 17 heavy (non-hydrogen) atoms. The predicted molar refractivity (Wildman–Crippen MR) is 69.7 cm³/mol. The van der Waals surface area contributed by atoms with Crippen molar-refractivity contribution < 1.29 is 9.90 Å². The fraction of sp³-hybridized carbons (Fsp3) is 0.462. The Morgan fingerprint density at radius 2 is 2.24 bits per heavy atom. The highest BCUT2D eigenvalue weighted by atomic mass is 79.9. The zero-order valence-electron chi connectivity index (χ0n) is 9.82. The van der Waals surface area contributed by atoms with Gasteiger partial charge in [0.1, 0.15) is 0 Å². The summed E-state index contributed by atoms with van der Waals surface area (Å²) in [6, 6.07) is 7.75. The highest BCUT2D eigenvalue weighted by molar-refractivity contribution is 9.10. The van der Waals surface area contributed by atoms with Gasteiger partial charge in [-0.25, -0.2) is 0 Å². The van der Waals surface area contributed by atoms with Gasteiger partial charge in [0.15, 0.2) is 0 Å². The molecule has 0 aliphatic carbocycles. The Morgan fingerprint density at radius 1 is 1.53 bits per heavy atom. The molecule has 92 valence electrons. The van der Waals surface area contributed by atoms with E-state index in [9.17, 15) is 9.90 Å². The first kappa shape index (κ1) is 12.6. The maximum atomic E-state index is 11.9. The lowest BCUT2D eigenvalue weighted by atomic mass is 9.91. The van der Waals surface area contributed by atoms with E-state index in [0.29, 0.717) is 25.9 Å². The van der Waals surface area contributed by atoms with Gasteiger partial charge in [-0.15, -0.1) is 0 Å². The molecule has 1 aliphatic rings. The van der Waals surface area contributed by atoms with Crippen LogP contribution in [0.15, 0.2) is 28.7 Å². The number of nitrogens with zero attached hydrogens (tertiary/aromatic N) is 1. The van der Waals surface area contributed by atoms with Crippen LogP contribution < -0.4 is 0 Å². The van der Waals surface area contributed by atoms with Crippen LogP contribution in [0.5, 0.6) is 0 Å². The normalized spacial score (nSPS) is 17.7. The molecule has 0 saturated carbocycles. The van der Waals surface area contributed by atoms with Crippen LogP contribution in [0.1, 0.15) is 18.9 Å². The van der Waals surface area contributed by atoms with Gasteiger partial charge in [-0.2, -0.15) is 0 Å². The van der Waals surface area contributed by atoms with Crippen molar-refractivity contribution in [2.75, 3.05) is 13.1 Å². The molecule has 0 aromatic heterocycles. The minimum absolute atomic E-state index is 0.0845. The molecule has 3 nitrogen and oxygen atoms in total. The first-order valence-electron chi connectivity index (χ1n) is 5.77. The number of amides is 1. The molecule has 1 fully saturated rings. The Labute approximate surface area is 110 Å². The zero-order chi connectivity index (χ0) is 12.5. The van der Waals surface area contributed by atoms with E-state index in [1.54, 1.807) is 4.90 Å². The third-order valence-electron chi connectivity index (χ3n) is 3.23. The number of carbonyl (C=O) groups excluding carboxylic acids is 1. The largest absolute Gasteiger partial charge is 0.386 e. The number of benzene rings is 1. The summed E-state index contributed by atoms with van der Waals surface area (Å²) in [5.41, 5.74) is 0.351. The van der Waals surface area contributed by atoms with Crippen LogP contribution in [0.2, 0.25) is 0 Å². The first-order valence-corrected chi connectivity index (χ1v) is 6.56. The number of hydrogen-bond donors (Lipinski definition) is 1. The summed E-state index contributed by atoms with van der Waals surface area (Å²) in [5, 5.41) is 9.85. The van der Waals surface area contributed by atoms with Crippen molar-refractivity contribution in [3.63, 3.8) is 0 Å². The maximum Gasteiger partial charge on any atom is 0.227 e. The van der Waals surface area contributed by atoms with Crippen LogP contribution in [0.3, 0.4) is 0 Å². The molecule has 1 aromatic carbocycles. The monoisotopic (exact) mass is 297 g/mol. The molecule has 1 amide bonds. The Morgan fingerprint density at radius 3 is 2.82 bits per heavy atom. The number of likely N-dealkylation sites (tertiary alicyclic amines) is 1. The quantitative estimate of drug-likeness (QED) is 0.927. The summed E-state index contributed by atoms with van der Waals surface area (Å²) >= 11 is 3.38. The fourth-order valence-electron chi connectivity index (χ4n) is 2.00. The van der Waals surface area contributed by atoms with E-state index in [4.69, 9.17) is 0 Å². The second kappa shape index (κ2) is 4.78. The van der Waals surface area contributed by atoms with Crippen LogP contribution in [0.25, 0.3) is 0 Å². The lowest BCUT2D eigenvalue weighted by molar-refractivity contribution is -0.155. The van der Waals surface area contributed by atoms with Crippen LogP contribution in [0, 0.1) is 0 Å². The molecule has 0 radical (unpaired) electrons.